The van der Waals surface area contributed by atoms with Crippen molar-refractivity contribution in [1.82, 2.24) is 4.31 Å². The molecule has 1 amide bonds. The van der Waals surface area contributed by atoms with E-state index >= 15 is 0 Å². The third-order valence-electron chi connectivity index (χ3n) is 5.85. The number of nitrogens with one attached hydrogen (secondary N) is 1. The van der Waals surface area contributed by atoms with Crippen LogP contribution in [-0.4, -0.2) is 31.7 Å². The van der Waals surface area contributed by atoms with Gasteiger partial charge in [-0.15, -0.1) is 0 Å². The molecule has 1 aliphatic heterocycles. The molecule has 0 atom stereocenters. The Morgan fingerprint density at radius 1 is 0.912 bits per heavy atom. The average Bonchev–Trinajstić information content (AvgIpc) is 2.85. The zero-order chi connectivity index (χ0) is 24.0. The van der Waals surface area contributed by atoms with E-state index in [2.05, 4.69) is 5.32 Å². The Bertz CT molecular complexity index is 1190. The predicted octanol–water partition coefficient (Wildman–Crippen LogP) is 5.10. The third kappa shape index (κ3) is 6.59. The van der Waals surface area contributed by atoms with Crippen LogP contribution >= 0.6 is 11.6 Å². The summed E-state index contributed by atoms with van der Waals surface area (Å²) in [5.74, 6) is 0.337. The molecule has 6 nitrogen and oxygen atoms in total. The smallest absolute Gasteiger partial charge is 0.227 e. The Balaban J connectivity index is 1.25. The Morgan fingerprint density at radius 2 is 1.56 bits per heavy atom. The number of piperidine rings is 1. The lowest BCUT2D eigenvalue weighted by Gasteiger charge is -2.30. The van der Waals surface area contributed by atoms with Gasteiger partial charge < -0.3 is 10.1 Å². The lowest BCUT2D eigenvalue weighted by molar-refractivity contribution is -0.120. The summed E-state index contributed by atoms with van der Waals surface area (Å²) < 4.78 is 32.8. The summed E-state index contributed by atoms with van der Waals surface area (Å²) in [6.07, 6.45) is 0.980. The van der Waals surface area contributed by atoms with E-state index in [1.54, 1.807) is 24.3 Å². The maximum Gasteiger partial charge on any atom is 0.227 e. The van der Waals surface area contributed by atoms with Crippen LogP contribution in [0.2, 0.25) is 5.02 Å². The summed E-state index contributed by atoms with van der Waals surface area (Å²) >= 11 is 5.88. The molecule has 4 rings (SSSR count). The van der Waals surface area contributed by atoms with Crippen molar-refractivity contribution < 1.29 is 17.9 Å². The van der Waals surface area contributed by atoms with Gasteiger partial charge in [-0.05, 0) is 60.4 Å². The number of ether oxygens (including phenoxy) is 1. The van der Waals surface area contributed by atoms with Gasteiger partial charge in [0, 0.05) is 29.7 Å². The number of anilines is 1. The summed E-state index contributed by atoms with van der Waals surface area (Å²) in [7, 11) is -3.44. The molecule has 1 aliphatic rings. The lowest BCUT2D eigenvalue weighted by atomic mass is 9.97. The van der Waals surface area contributed by atoms with Crippen molar-refractivity contribution in [2.45, 2.75) is 25.2 Å². The number of halogens is 1. The fraction of sp³-hybridized carbons (Fsp3) is 0.269. The molecule has 1 heterocycles. The predicted molar refractivity (Wildman–Crippen MR) is 134 cm³/mol. The van der Waals surface area contributed by atoms with Crippen LogP contribution in [0.25, 0.3) is 0 Å². The minimum Gasteiger partial charge on any atom is -0.489 e. The highest BCUT2D eigenvalue weighted by atomic mass is 35.5. The summed E-state index contributed by atoms with van der Waals surface area (Å²) in [5.41, 5.74) is 2.47. The fourth-order valence-electron chi connectivity index (χ4n) is 3.90. The Morgan fingerprint density at radius 3 is 2.21 bits per heavy atom. The number of nitrogens with zero attached hydrogens (tertiary/aromatic N) is 1. The highest BCUT2D eigenvalue weighted by Crippen LogP contribution is 2.24. The van der Waals surface area contributed by atoms with Gasteiger partial charge in [-0.1, -0.05) is 54.1 Å². The van der Waals surface area contributed by atoms with E-state index in [1.807, 2.05) is 54.6 Å². The van der Waals surface area contributed by atoms with E-state index in [0.717, 1.165) is 11.3 Å². The highest BCUT2D eigenvalue weighted by molar-refractivity contribution is 7.88. The number of sulfonamides is 1. The molecule has 3 aromatic carbocycles. The number of benzene rings is 3. The Labute approximate surface area is 205 Å². The van der Waals surface area contributed by atoms with Gasteiger partial charge in [-0.2, -0.15) is 0 Å². The second kappa shape index (κ2) is 11.0. The van der Waals surface area contributed by atoms with Crippen LogP contribution in [0.5, 0.6) is 5.75 Å². The lowest BCUT2D eigenvalue weighted by Crippen LogP contribution is -2.41. The van der Waals surface area contributed by atoms with Crippen LogP contribution in [0.15, 0.2) is 78.9 Å². The molecule has 1 fully saturated rings. The van der Waals surface area contributed by atoms with Crippen molar-refractivity contribution in [2.75, 3.05) is 18.4 Å². The first-order valence-electron chi connectivity index (χ1n) is 11.2. The zero-order valence-corrected chi connectivity index (χ0v) is 20.3. The number of carbonyl (C=O) groups excluding carboxylic acids is 1. The van der Waals surface area contributed by atoms with Crippen LogP contribution in [0.3, 0.4) is 0 Å². The average molecular weight is 499 g/mol. The molecule has 1 saturated heterocycles. The Hall–Kier alpha value is -2.87. The van der Waals surface area contributed by atoms with Crippen LogP contribution in [-0.2, 0) is 27.2 Å². The molecule has 0 aliphatic carbocycles. The molecular formula is C26H27ClN2O4S. The molecule has 0 saturated carbocycles. The summed E-state index contributed by atoms with van der Waals surface area (Å²) in [5, 5.41) is 3.51. The fourth-order valence-corrected chi connectivity index (χ4v) is 5.59. The summed E-state index contributed by atoms with van der Waals surface area (Å²) in [6, 6.07) is 24.0. The van der Waals surface area contributed by atoms with Gasteiger partial charge in [0.1, 0.15) is 12.4 Å². The monoisotopic (exact) mass is 498 g/mol. The van der Waals surface area contributed by atoms with Crippen molar-refractivity contribution >= 4 is 33.2 Å². The van der Waals surface area contributed by atoms with Crippen molar-refractivity contribution in [3.8, 4) is 5.75 Å². The molecule has 0 unspecified atom stereocenters. The summed E-state index contributed by atoms with van der Waals surface area (Å²) in [4.78, 5) is 12.7. The molecule has 34 heavy (non-hydrogen) atoms. The maximum absolute atomic E-state index is 12.8. The van der Waals surface area contributed by atoms with Crippen LogP contribution in [0.1, 0.15) is 24.0 Å². The number of hydrogen-bond donors (Lipinski definition) is 1. The molecule has 0 bridgehead atoms. The van der Waals surface area contributed by atoms with E-state index in [1.165, 1.54) is 4.31 Å². The topological polar surface area (TPSA) is 75.7 Å². The largest absolute Gasteiger partial charge is 0.489 e. The molecule has 3 aromatic rings. The van der Waals surface area contributed by atoms with Gasteiger partial charge in [-0.25, -0.2) is 12.7 Å². The maximum atomic E-state index is 12.8. The van der Waals surface area contributed by atoms with Crippen molar-refractivity contribution in [2.24, 2.45) is 5.92 Å². The Kier molecular flexibility index (Phi) is 7.88. The third-order valence-corrected chi connectivity index (χ3v) is 7.95. The molecule has 0 spiro atoms. The molecular weight excluding hydrogens is 472 g/mol. The second-order valence-electron chi connectivity index (χ2n) is 8.34. The van der Waals surface area contributed by atoms with Gasteiger partial charge in [0.05, 0.1) is 5.75 Å². The number of hydrogen-bond acceptors (Lipinski definition) is 4. The molecule has 8 heteroatoms. The van der Waals surface area contributed by atoms with Crippen LogP contribution in [0.4, 0.5) is 5.69 Å². The standard InChI is InChI=1S/C26H27ClN2O4S/c27-23-8-6-21(7-9-23)19-34(31,32)29-16-14-22(15-17-29)26(30)28-24-10-12-25(13-11-24)33-18-20-4-2-1-3-5-20/h1-13,22H,14-19H2,(H,28,30). The first-order chi connectivity index (χ1) is 16.4. The zero-order valence-electron chi connectivity index (χ0n) is 18.7. The SMILES string of the molecule is O=C(Nc1ccc(OCc2ccccc2)cc1)C1CCN(S(=O)(=O)Cc2ccc(Cl)cc2)CC1. The number of rotatable bonds is 8. The first kappa shape index (κ1) is 24.3. The van der Waals surface area contributed by atoms with Crippen molar-refractivity contribution in [3.05, 3.63) is 95.0 Å². The second-order valence-corrected chi connectivity index (χ2v) is 10.7. The summed E-state index contributed by atoms with van der Waals surface area (Å²) in [6.45, 7) is 1.15. The molecule has 1 N–H and O–H groups in total. The minimum absolute atomic E-state index is 0.0697. The van der Waals surface area contributed by atoms with Gasteiger partial charge in [-0.3, -0.25) is 4.79 Å². The van der Waals surface area contributed by atoms with Gasteiger partial charge in [0.2, 0.25) is 15.9 Å². The first-order valence-corrected chi connectivity index (χ1v) is 13.2. The van der Waals surface area contributed by atoms with Gasteiger partial charge in [0.25, 0.3) is 0 Å². The van der Waals surface area contributed by atoms with Gasteiger partial charge in [0.15, 0.2) is 0 Å². The molecule has 0 aromatic heterocycles. The van der Waals surface area contributed by atoms with Crippen molar-refractivity contribution in [3.63, 3.8) is 0 Å². The van der Waals surface area contributed by atoms with Gasteiger partial charge >= 0.3 is 0 Å². The number of carbonyl (C=O) groups is 1. The van der Waals surface area contributed by atoms with Crippen LogP contribution in [0, 0.1) is 5.92 Å². The van der Waals surface area contributed by atoms with E-state index in [0.29, 0.717) is 48.8 Å². The van der Waals surface area contributed by atoms with Crippen molar-refractivity contribution in [1.29, 1.82) is 0 Å². The van der Waals surface area contributed by atoms with E-state index in [-0.39, 0.29) is 17.6 Å². The van der Waals surface area contributed by atoms with E-state index < -0.39 is 10.0 Å². The van der Waals surface area contributed by atoms with E-state index in [9.17, 15) is 13.2 Å². The number of amides is 1. The quantitative estimate of drug-likeness (QED) is 0.469. The van der Waals surface area contributed by atoms with E-state index in [4.69, 9.17) is 16.3 Å². The highest BCUT2D eigenvalue weighted by Gasteiger charge is 2.31. The minimum atomic E-state index is -3.44. The van der Waals surface area contributed by atoms with Crippen LogP contribution < -0.4 is 10.1 Å². The molecule has 0 radical (unpaired) electrons. The normalized spacial score (nSPS) is 15.1. The molecule has 178 valence electrons.